The number of rotatable bonds is 5. The molecule has 1 N–H and O–H groups in total. The number of amides is 1. The van der Waals surface area contributed by atoms with Gasteiger partial charge in [0.2, 0.25) is 0 Å². The second kappa shape index (κ2) is 7.98. The SMILES string of the molecule is COc1cccc(C(=O)Oc2ccccc2C(=O)Nc2ccccc2)c1. The molecule has 0 unspecified atom stereocenters. The molecule has 0 aliphatic heterocycles. The normalized spacial score (nSPS) is 10.0. The van der Waals surface area contributed by atoms with Gasteiger partial charge in [-0.3, -0.25) is 4.79 Å². The molecule has 0 bridgehead atoms. The predicted molar refractivity (Wildman–Crippen MR) is 98.8 cm³/mol. The summed E-state index contributed by atoms with van der Waals surface area (Å²) in [6.07, 6.45) is 0. The fourth-order valence-corrected chi connectivity index (χ4v) is 2.37. The van der Waals surface area contributed by atoms with Crippen molar-refractivity contribution in [1.82, 2.24) is 0 Å². The van der Waals surface area contributed by atoms with Crippen molar-refractivity contribution in [2.45, 2.75) is 0 Å². The van der Waals surface area contributed by atoms with Crippen LogP contribution in [0.3, 0.4) is 0 Å². The van der Waals surface area contributed by atoms with E-state index in [4.69, 9.17) is 9.47 Å². The second-order valence-electron chi connectivity index (χ2n) is 5.44. The summed E-state index contributed by atoms with van der Waals surface area (Å²) in [4.78, 5) is 24.9. The molecule has 5 nitrogen and oxygen atoms in total. The quantitative estimate of drug-likeness (QED) is 0.556. The minimum absolute atomic E-state index is 0.189. The molecule has 0 heterocycles. The number of ether oxygens (including phenoxy) is 2. The van der Waals surface area contributed by atoms with Crippen LogP contribution in [0.5, 0.6) is 11.5 Å². The molecule has 0 atom stereocenters. The lowest BCUT2D eigenvalue weighted by Gasteiger charge is -2.11. The molecule has 3 aromatic rings. The fraction of sp³-hybridized carbons (Fsp3) is 0.0476. The lowest BCUT2D eigenvalue weighted by molar-refractivity contribution is 0.0732. The van der Waals surface area contributed by atoms with Crippen LogP contribution in [0.1, 0.15) is 20.7 Å². The maximum atomic E-state index is 12.5. The fourth-order valence-electron chi connectivity index (χ4n) is 2.37. The number of esters is 1. The Morgan fingerprint density at radius 2 is 1.58 bits per heavy atom. The molecule has 3 rings (SSSR count). The molecule has 0 aromatic heterocycles. The van der Waals surface area contributed by atoms with E-state index in [1.165, 1.54) is 7.11 Å². The van der Waals surface area contributed by atoms with Crippen molar-refractivity contribution in [3.05, 3.63) is 90.0 Å². The Labute approximate surface area is 151 Å². The summed E-state index contributed by atoms with van der Waals surface area (Å²) in [5.41, 5.74) is 1.27. The summed E-state index contributed by atoms with van der Waals surface area (Å²) in [6.45, 7) is 0. The first-order valence-corrected chi connectivity index (χ1v) is 7.99. The third-order valence-corrected chi connectivity index (χ3v) is 3.67. The molecule has 26 heavy (non-hydrogen) atoms. The van der Waals surface area contributed by atoms with E-state index in [1.807, 2.05) is 18.2 Å². The number of hydrogen-bond donors (Lipinski definition) is 1. The summed E-state index contributed by atoms with van der Waals surface area (Å²) < 4.78 is 10.5. The lowest BCUT2D eigenvalue weighted by Crippen LogP contribution is -2.16. The van der Waals surface area contributed by atoms with E-state index in [9.17, 15) is 9.59 Å². The standard InChI is InChI=1S/C21H17NO4/c1-25-17-11-7-8-15(14-17)21(24)26-19-13-6-5-12-18(19)20(23)22-16-9-3-2-4-10-16/h2-14H,1H3,(H,22,23). The monoisotopic (exact) mass is 347 g/mol. The van der Waals surface area contributed by atoms with E-state index in [1.54, 1.807) is 60.7 Å². The number of nitrogens with one attached hydrogen (secondary N) is 1. The average Bonchev–Trinajstić information content (AvgIpc) is 2.69. The summed E-state index contributed by atoms with van der Waals surface area (Å²) >= 11 is 0. The van der Waals surface area contributed by atoms with Crippen molar-refractivity contribution in [3.63, 3.8) is 0 Å². The highest BCUT2D eigenvalue weighted by molar-refractivity contribution is 6.07. The summed E-state index contributed by atoms with van der Waals surface area (Å²) in [5.74, 6) is -0.183. The van der Waals surface area contributed by atoms with E-state index in [-0.39, 0.29) is 17.2 Å². The minimum Gasteiger partial charge on any atom is -0.497 e. The Bertz CT molecular complexity index is 922. The van der Waals surface area contributed by atoms with Crippen LogP contribution in [0.2, 0.25) is 0 Å². The summed E-state index contributed by atoms with van der Waals surface area (Å²) in [6, 6.07) is 22.3. The van der Waals surface area contributed by atoms with Crippen molar-refractivity contribution in [2.24, 2.45) is 0 Å². The number of methoxy groups -OCH3 is 1. The zero-order chi connectivity index (χ0) is 18.4. The Hall–Kier alpha value is -3.60. The highest BCUT2D eigenvalue weighted by Crippen LogP contribution is 2.22. The number of carbonyl (C=O) groups excluding carboxylic acids is 2. The molecule has 0 spiro atoms. The van der Waals surface area contributed by atoms with Gasteiger partial charge in [-0.05, 0) is 42.5 Å². The van der Waals surface area contributed by atoms with Gasteiger partial charge < -0.3 is 14.8 Å². The molecule has 0 radical (unpaired) electrons. The Morgan fingerprint density at radius 1 is 0.846 bits per heavy atom. The van der Waals surface area contributed by atoms with Crippen molar-refractivity contribution in [1.29, 1.82) is 0 Å². The molecule has 3 aromatic carbocycles. The number of para-hydroxylation sites is 2. The average molecular weight is 347 g/mol. The van der Waals surface area contributed by atoms with Crippen LogP contribution in [0.25, 0.3) is 0 Å². The first-order chi connectivity index (χ1) is 12.7. The molecular weight excluding hydrogens is 330 g/mol. The van der Waals surface area contributed by atoms with Gasteiger partial charge in [-0.1, -0.05) is 36.4 Å². The molecule has 5 heteroatoms. The van der Waals surface area contributed by atoms with E-state index < -0.39 is 5.97 Å². The van der Waals surface area contributed by atoms with Crippen molar-refractivity contribution in [2.75, 3.05) is 12.4 Å². The Balaban J connectivity index is 1.80. The van der Waals surface area contributed by atoms with Crippen LogP contribution in [-0.2, 0) is 0 Å². The van der Waals surface area contributed by atoms with Crippen LogP contribution >= 0.6 is 0 Å². The van der Waals surface area contributed by atoms with Gasteiger partial charge >= 0.3 is 5.97 Å². The molecular formula is C21H17NO4. The van der Waals surface area contributed by atoms with E-state index >= 15 is 0 Å². The van der Waals surface area contributed by atoms with Crippen molar-refractivity contribution < 1.29 is 19.1 Å². The van der Waals surface area contributed by atoms with Gasteiger partial charge in [-0.2, -0.15) is 0 Å². The lowest BCUT2D eigenvalue weighted by atomic mass is 10.1. The summed E-state index contributed by atoms with van der Waals surface area (Å²) in [5, 5.41) is 2.78. The van der Waals surface area contributed by atoms with Crippen LogP contribution in [0, 0.1) is 0 Å². The minimum atomic E-state index is -0.566. The van der Waals surface area contributed by atoms with Gasteiger partial charge in [0.1, 0.15) is 11.5 Å². The maximum absolute atomic E-state index is 12.5. The highest BCUT2D eigenvalue weighted by Gasteiger charge is 2.16. The second-order valence-corrected chi connectivity index (χ2v) is 5.44. The van der Waals surface area contributed by atoms with Crippen LogP contribution in [0.15, 0.2) is 78.9 Å². The largest absolute Gasteiger partial charge is 0.497 e. The van der Waals surface area contributed by atoms with Crippen LogP contribution in [0.4, 0.5) is 5.69 Å². The molecule has 0 saturated heterocycles. The third-order valence-electron chi connectivity index (χ3n) is 3.67. The molecule has 0 saturated carbocycles. The van der Waals surface area contributed by atoms with Gasteiger partial charge in [0.25, 0.3) is 5.91 Å². The van der Waals surface area contributed by atoms with Gasteiger partial charge in [0, 0.05) is 5.69 Å². The Morgan fingerprint density at radius 3 is 2.35 bits per heavy atom. The smallest absolute Gasteiger partial charge is 0.343 e. The van der Waals surface area contributed by atoms with Crippen molar-refractivity contribution in [3.8, 4) is 11.5 Å². The summed E-state index contributed by atoms with van der Waals surface area (Å²) in [7, 11) is 1.52. The number of benzene rings is 3. The zero-order valence-corrected chi connectivity index (χ0v) is 14.1. The first-order valence-electron chi connectivity index (χ1n) is 7.99. The molecule has 0 aliphatic rings. The first kappa shape index (κ1) is 17.2. The molecule has 1 amide bonds. The number of hydrogen-bond acceptors (Lipinski definition) is 4. The van der Waals surface area contributed by atoms with Gasteiger partial charge in [0.15, 0.2) is 0 Å². The number of anilines is 1. The topological polar surface area (TPSA) is 64.6 Å². The van der Waals surface area contributed by atoms with E-state index in [0.717, 1.165) is 0 Å². The molecule has 130 valence electrons. The maximum Gasteiger partial charge on any atom is 0.343 e. The third kappa shape index (κ3) is 4.08. The highest BCUT2D eigenvalue weighted by atomic mass is 16.5. The molecule has 0 fully saturated rings. The van der Waals surface area contributed by atoms with Gasteiger partial charge in [-0.25, -0.2) is 4.79 Å². The number of carbonyl (C=O) groups is 2. The van der Waals surface area contributed by atoms with Crippen LogP contribution in [-0.4, -0.2) is 19.0 Å². The van der Waals surface area contributed by atoms with E-state index in [2.05, 4.69) is 5.32 Å². The van der Waals surface area contributed by atoms with Crippen molar-refractivity contribution >= 4 is 17.6 Å². The molecule has 0 aliphatic carbocycles. The predicted octanol–water partition coefficient (Wildman–Crippen LogP) is 4.17. The van der Waals surface area contributed by atoms with E-state index in [0.29, 0.717) is 17.0 Å². The van der Waals surface area contributed by atoms with Gasteiger partial charge in [0.05, 0.1) is 18.2 Å². The van der Waals surface area contributed by atoms with Gasteiger partial charge in [-0.15, -0.1) is 0 Å². The van der Waals surface area contributed by atoms with Crippen LogP contribution < -0.4 is 14.8 Å². The zero-order valence-electron chi connectivity index (χ0n) is 14.1. The Kier molecular flexibility index (Phi) is 5.29.